The van der Waals surface area contributed by atoms with Crippen molar-refractivity contribution in [2.45, 2.75) is 33.6 Å². The normalized spacial score (nSPS) is 13.3. The highest BCUT2D eigenvalue weighted by molar-refractivity contribution is 5.81. The summed E-state index contributed by atoms with van der Waals surface area (Å²) in [5, 5.41) is 9.78. The first kappa shape index (κ1) is 22.9. The van der Waals surface area contributed by atoms with Gasteiger partial charge in [0, 0.05) is 12.5 Å². The second-order valence-electron chi connectivity index (χ2n) is 7.15. The molecule has 1 N–H and O–H groups in total. The number of carbonyl (C=O) groups excluding carboxylic acids is 2. The molecule has 6 nitrogen and oxygen atoms in total. The van der Waals surface area contributed by atoms with Gasteiger partial charge in [0.05, 0.1) is 12.0 Å². The molecule has 142 valence electrons. The largest absolute Gasteiger partial charge is 0.493 e. The van der Waals surface area contributed by atoms with Crippen LogP contribution in [-0.2, 0) is 23.8 Å². The predicted octanol–water partition coefficient (Wildman–Crippen LogP) is 2.78. The van der Waals surface area contributed by atoms with Gasteiger partial charge < -0.3 is 19.3 Å². The van der Waals surface area contributed by atoms with Crippen LogP contribution in [0.15, 0.2) is 37.6 Å². The predicted molar refractivity (Wildman–Crippen MR) is 95.6 cm³/mol. The van der Waals surface area contributed by atoms with Crippen molar-refractivity contribution in [3.8, 4) is 0 Å². The summed E-state index contributed by atoms with van der Waals surface area (Å²) in [4.78, 5) is 23.3. The molecule has 0 aliphatic rings. The van der Waals surface area contributed by atoms with Gasteiger partial charge in [-0.2, -0.15) is 0 Å². The van der Waals surface area contributed by atoms with Crippen LogP contribution >= 0.6 is 0 Å². The van der Waals surface area contributed by atoms with E-state index in [0.717, 1.165) is 6.08 Å². The zero-order valence-corrected chi connectivity index (χ0v) is 15.5. The van der Waals surface area contributed by atoms with E-state index in [0.29, 0.717) is 12.2 Å². The standard InChI is InChI=1S/C19H30O6/c1-7-15(3)23-12-19(11-20,13-24-16(21)8-2)14-25-17(22)9-10-18(4,5)6/h7-8,20H,1-3,9-14H2,4-6H3. The monoisotopic (exact) mass is 354 g/mol. The summed E-state index contributed by atoms with van der Waals surface area (Å²) in [6.07, 6.45) is 3.36. The Morgan fingerprint density at radius 2 is 1.56 bits per heavy atom. The zero-order valence-electron chi connectivity index (χ0n) is 15.5. The summed E-state index contributed by atoms with van der Waals surface area (Å²) >= 11 is 0. The maximum absolute atomic E-state index is 11.9. The number of esters is 2. The van der Waals surface area contributed by atoms with Crippen molar-refractivity contribution in [3.05, 3.63) is 37.6 Å². The van der Waals surface area contributed by atoms with Crippen molar-refractivity contribution in [1.29, 1.82) is 0 Å². The average Bonchev–Trinajstić information content (AvgIpc) is 2.58. The number of hydrogen-bond acceptors (Lipinski definition) is 6. The van der Waals surface area contributed by atoms with E-state index in [4.69, 9.17) is 14.2 Å². The number of allylic oxidation sites excluding steroid dienone is 1. The van der Waals surface area contributed by atoms with E-state index in [2.05, 4.69) is 19.7 Å². The molecule has 0 radical (unpaired) electrons. The molecule has 0 rings (SSSR count). The van der Waals surface area contributed by atoms with E-state index in [1.807, 2.05) is 20.8 Å². The minimum atomic E-state index is -1.10. The van der Waals surface area contributed by atoms with Crippen LogP contribution in [0.25, 0.3) is 0 Å². The molecule has 0 saturated carbocycles. The van der Waals surface area contributed by atoms with Crippen molar-refractivity contribution in [2.24, 2.45) is 10.8 Å². The highest BCUT2D eigenvalue weighted by Crippen LogP contribution is 2.23. The van der Waals surface area contributed by atoms with Gasteiger partial charge in [-0.25, -0.2) is 4.79 Å². The molecule has 0 heterocycles. The second-order valence-corrected chi connectivity index (χ2v) is 7.15. The van der Waals surface area contributed by atoms with Crippen molar-refractivity contribution >= 4 is 11.9 Å². The molecule has 6 heteroatoms. The van der Waals surface area contributed by atoms with E-state index in [-0.39, 0.29) is 37.6 Å². The lowest BCUT2D eigenvalue weighted by Crippen LogP contribution is -2.41. The SMILES string of the molecule is C=CC(=C)OCC(CO)(COC(=O)C=C)COC(=O)CCC(C)(C)C. The molecule has 0 bridgehead atoms. The number of hydrogen-bond donors (Lipinski definition) is 1. The highest BCUT2D eigenvalue weighted by atomic mass is 16.6. The van der Waals surface area contributed by atoms with Gasteiger partial charge in [0.2, 0.25) is 0 Å². The number of rotatable bonds is 12. The molecule has 1 atom stereocenters. The smallest absolute Gasteiger partial charge is 0.330 e. The first-order chi connectivity index (χ1) is 11.6. The van der Waals surface area contributed by atoms with E-state index in [9.17, 15) is 14.7 Å². The fourth-order valence-corrected chi connectivity index (χ4v) is 1.63. The average molecular weight is 354 g/mol. The van der Waals surface area contributed by atoms with Crippen LogP contribution in [0.4, 0.5) is 0 Å². The Hall–Kier alpha value is -2.08. The third kappa shape index (κ3) is 10.4. The molecule has 0 spiro atoms. The lowest BCUT2D eigenvalue weighted by atomic mass is 9.90. The molecule has 0 aliphatic heterocycles. The fraction of sp³-hybridized carbons (Fsp3) is 0.579. The Morgan fingerprint density at radius 1 is 1.00 bits per heavy atom. The van der Waals surface area contributed by atoms with Crippen LogP contribution < -0.4 is 0 Å². The first-order valence-electron chi connectivity index (χ1n) is 8.07. The van der Waals surface area contributed by atoms with Crippen LogP contribution in [-0.4, -0.2) is 43.5 Å². The molecular weight excluding hydrogens is 324 g/mol. The maximum atomic E-state index is 11.9. The molecule has 0 fully saturated rings. The molecule has 0 aromatic heterocycles. The molecule has 25 heavy (non-hydrogen) atoms. The number of aliphatic hydroxyl groups is 1. The summed E-state index contributed by atoms with van der Waals surface area (Å²) in [6.45, 7) is 15.7. The molecule has 0 aromatic rings. The Morgan fingerprint density at radius 3 is 2.04 bits per heavy atom. The molecule has 0 aromatic carbocycles. The topological polar surface area (TPSA) is 82.1 Å². The quantitative estimate of drug-likeness (QED) is 0.251. The lowest BCUT2D eigenvalue weighted by molar-refractivity contribution is -0.157. The molecule has 0 aliphatic carbocycles. The van der Waals surface area contributed by atoms with E-state index in [1.165, 1.54) is 6.08 Å². The second kappa shape index (κ2) is 10.7. The van der Waals surface area contributed by atoms with Gasteiger partial charge in [0.1, 0.15) is 25.6 Å². The molecule has 0 amide bonds. The van der Waals surface area contributed by atoms with Gasteiger partial charge in [-0.15, -0.1) is 0 Å². The van der Waals surface area contributed by atoms with Crippen molar-refractivity contribution in [1.82, 2.24) is 0 Å². The minimum absolute atomic E-state index is 0.0113. The summed E-state index contributed by atoms with van der Waals surface area (Å²) in [5.74, 6) is -0.725. The van der Waals surface area contributed by atoms with Crippen LogP contribution in [0.2, 0.25) is 0 Å². The van der Waals surface area contributed by atoms with Gasteiger partial charge in [0.25, 0.3) is 0 Å². The minimum Gasteiger partial charge on any atom is -0.493 e. The lowest BCUT2D eigenvalue weighted by Gasteiger charge is -2.30. The highest BCUT2D eigenvalue weighted by Gasteiger charge is 2.34. The van der Waals surface area contributed by atoms with Crippen molar-refractivity contribution < 1.29 is 28.9 Å². The summed E-state index contributed by atoms with van der Waals surface area (Å²) < 4.78 is 15.7. The molecular formula is C19H30O6. The van der Waals surface area contributed by atoms with Gasteiger partial charge in [-0.1, -0.05) is 40.5 Å². The summed E-state index contributed by atoms with van der Waals surface area (Å²) in [6, 6.07) is 0. The third-order valence-corrected chi connectivity index (χ3v) is 3.43. The summed E-state index contributed by atoms with van der Waals surface area (Å²) in [7, 11) is 0. The number of aliphatic hydroxyl groups excluding tert-OH is 1. The van der Waals surface area contributed by atoms with Crippen LogP contribution in [0.3, 0.4) is 0 Å². The van der Waals surface area contributed by atoms with Gasteiger partial charge in [0.15, 0.2) is 0 Å². The summed E-state index contributed by atoms with van der Waals surface area (Å²) in [5.41, 5.74) is -1.08. The van der Waals surface area contributed by atoms with Crippen LogP contribution in [0, 0.1) is 10.8 Å². The van der Waals surface area contributed by atoms with Crippen LogP contribution in [0.1, 0.15) is 33.6 Å². The van der Waals surface area contributed by atoms with Crippen LogP contribution in [0.5, 0.6) is 0 Å². The Labute approximate surface area is 150 Å². The Bertz CT molecular complexity index is 463. The molecule has 0 saturated heterocycles. The van der Waals surface area contributed by atoms with Crippen molar-refractivity contribution in [2.75, 3.05) is 26.4 Å². The molecule has 1 unspecified atom stereocenters. The van der Waals surface area contributed by atoms with Crippen molar-refractivity contribution in [3.63, 3.8) is 0 Å². The Kier molecular flexibility index (Phi) is 9.82. The zero-order chi connectivity index (χ0) is 19.5. The third-order valence-electron chi connectivity index (χ3n) is 3.43. The number of carbonyl (C=O) groups is 2. The first-order valence-corrected chi connectivity index (χ1v) is 8.07. The van der Waals surface area contributed by atoms with E-state index < -0.39 is 18.0 Å². The fourth-order valence-electron chi connectivity index (χ4n) is 1.63. The maximum Gasteiger partial charge on any atom is 0.330 e. The van der Waals surface area contributed by atoms with E-state index in [1.54, 1.807) is 0 Å². The van der Waals surface area contributed by atoms with Gasteiger partial charge in [-0.3, -0.25) is 4.79 Å². The number of ether oxygens (including phenoxy) is 3. The van der Waals surface area contributed by atoms with E-state index >= 15 is 0 Å². The van der Waals surface area contributed by atoms with Gasteiger partial charge in [-0.05, 0) is 17.9 Å². The Balaban J connectivity index is 4.86. The van der Waals surface area contributed by atoms with Gasteiger partial charge >= 0.3 is 11.9 Å².